The molecule has 0 radical (unpaired) electrons. The van der Waals surface area contributed by atoms with Crippen LogP contribution in [-0.4, -0.2) is 11.5 Å². The van der Waals surface area contributed by atoms with Crippen LogP contribution in [0, 0.1) is 18.6 Å². The van der Waals surface area contributed by atoms with Crippen molar-refractivity contribution in [3.63, 3.8) is 0 Å². The van der Waals surface area contributed by atoms with Crippen LogP contribution in [0.1, 0.15) is 17.5 Å². The molecule has 0 saturated heterocycles. The monoisotopic (exact) mass is 275 g/mol. The van der Waals surface area contributed by atoms with Crippen molar-refractivity contribution in [1.29, 1.82) is 0 Å². The van der Waals surface area contributed by atoms with Gasteiger partial charge in [-0.1, -0.05) is 17.7 Å². The summed E-state index contributed by atoms with van der Waals surface area (Å²) in [6.45, 7) is 2.67. The normalized spacial score (nSPS) is 14.2. The summed E-state index contributed by atoms with van der Waals surface area (Å²) in [5.74, 6) is -1.70. The van der Waals surface area contributed by atoms with E-state index in [1.807, 2.05) is 19.1 Å². The number of nitrogens with two attached hydrogens (primary N) is 1. The summed E-state index contributed by atoms with van der Waals surface area (Å²) in [5.41, 5.74) is 8.69. The van der Waals surface area contributed by atoms with Crippen molar-refractivity contribution >= 4 is 17.3 Å². The Morgan fingerprint density at radius 2 is 2.00 bits per heavy atom. The van der Waals surface area contributed by atoms with Gasteiger partial charge in [0.05, 0.1) is 0 Å². The molecule has 0 amide bonds. The molecular formula is C15H15F2N3. The van der Waals surface area contributed by atoms with E-state index in [4.69, 9.17) is 5.73 Å². The number of anilines is 3. The highest BCUT2D eigenvalue weighted by molar-refractivity contribution is 5.67. The minimum atomic E-state index is -0.826. The Morgan fingerprint density at radius 3 is 2.80 bits per heavy atom. The van der Waals surface area contributed by atoms with Gasteiger partial charge in [-0.3, -0.25) is 0 Å². The van der Waals surface area contributed by atoms with Crippen LogP contribution in [0.15, 0.2) is 24.3 Å². The van der Waals surface area contributed by atoms with Crippen molar-refractivity contribution < 1.29 is 8.78 Å². The zero-order valence-corrected chi connectivity index (χ0v) is 11.2. The van der Waals surface area contributed by atoms with Crippen molar-refractivity contribution in [1.82, 2.24) is 4.98 Å². The molecule has 0 atom stereocenters. The van der Waals surface area contributed by atoms with Gasteiger partial charge in [0.25, 0.3) is 0 Å². The van der Waals surface area contributed by atoms with Crippen molar-refractivity contribution in [3.05, 3.63) is 47.0 Å². The number of aryl methyl sites for hydroxylation is 2. The first kappa shape index (κ1) is 12.8. The van der Waals surface area contributed by atoms with E-state index in [-0.39, 0.29) is 11.6 Å². The van der Waals surface area contributed by atoms with Gasteiger partial charge in [-0.05, 0) is 31.4 Å². The molecule has 0 fully saturated rings. The van der Waals surface area contributed by atoms with Crippen LogP contribution < -0.4 is 10.6 Å². The fraction of sp³-hybridized carbons (Fsp3) is 0.267. The highest BCUT2D eigenvalue weighted by atomic mass is 19.1. The lowest BCUT2D eigenvalue weighted by Crippen LogP contribution is -2.26. The number of pyridine rings is 1. The van der Waals surface area contributed by atoms with Crippen LogP contribution in [0.5, 0.6) is 0 Å². The largest absolute Gasteiger partial charge is 0.381 e. The van der Waals surface area contributed by atoms with Crippen LogP contribution in [0.4, 0.5) is 26.1 Å². The van der Waals surface area contributed by atoms with Crippen LogP contribution in [0.2, 0.25) is 0 Å². The molecular weight excluding hydrogens is 260 g/mol. The van der Waals surface area contributed by atoms with E-state index in [0.717, 1.165) is 35.7 Å². The second kappa shape index (κ2) is 4.74. The second-order valence-electron chi connectivity index (χ2n) is 5.05. The zero-order valence-electron chi connectivity index (χ0n) is 11.2. The molecule has 2 N–H and O–H groups in total. The standard InChI is InChI=1S/C15H15F2N3/c1-9-4-5-13-10(7-9)3-2-6-20(13)15-12(17)8-11(16)14(18)19-15/h4-5,7-8H,2-3,6H2,1H3,(H2,18,19). The summed E-state index contributed by atoms with van der Waals surface area (Å²) in [6.07, 6.45) is 1.85. The van der Waals surface area contributed by atoms with Gasteiger partial charge in [-0.15, -0.1) is 0 Å². The first-order valence-corrected chi connectivity index (χ1v) is 6.55. The molecule has 2 aromatic rings. The molecule has 0 saturated carbocycles. The summed E-state index contributed by atoms with van der Waals surface area (Å²) in [7, 11) is 0. The lowest BCUT2D eigenvalue weighted by atomic mass is 9.99. The second-order valence-corrected chi connectivity index (χ2v) is 5.05. The third-order valence-electron chi connectivity index (χ3n) is 3.55. The molecule has 1 aliphatic rings. The summed E-state index contributed by atoms with van der Waals surface area (Å²) in [5, 5.41) is 0. The molecule has 0 spiro atoms. The van der Waals surface area contributed by atoms with E-state index in [2.05, 4.69) is 11.1 Å². The van der Waals surface area contributed by atoms with Gasteiger partial charge in [0.1, 0.15) is 0 Å². The zero-order chi connectivity index (χ0) is 14.3. The van der Waals surface area contributed by atoms with E-state index < -0.39 is 11.6 Å². The van der Waals surface area contributed by atoms with Gasteiger partial charge in [0, 0.05) is 18.3 Å². The minimum Gasteiger partial charge on any atom is -0.381 e. The lowest BCUT2D eigenvalue weighted by molar-refractivity contribution is 0.573. The Labute approximate surface area is 116 Å². The van der Waals surface area contributed by atoms with E-state index in [9.17, 15) is 8.78 Å². The number of rotatable bonds is 1. The van der Waals surface area contributed by atoms with Gasteiger partial charge in [0.2, 0.25) is 0 Å². The Morgan fingerprint density at radius 1 is 1.20 bits per heavy atom. The third-order valence-corrected chi connectivity index (χ3v) is 3.55. The SMILES string of the molecule is Cc1ccc2c(c1)CCCN2c1nc(N)c(F)cc1F. The van der Waals surface area contributed by atoms with E-state index in [0.29, 0.717) is 6.54 Å². The van der Waals surface area contributed by atoms with Crippen LogP contribution >= 0.6 is 0 Å². The number of halogens is 2. The number of nitrogens with zero attached hydrogens (tertiary/aromatic N) is 2. The summed E-state index contributed by atoms with van der Waals surface area (Å²) >= 11 is 0. The Kier molecular flexibility index (Phi) is 3.04. The number of aromatic nitrogens is 1. The molecule has 3 nitrogen and oxygen atoms in total. The van der Waals surface area contributed by atoms with Gasteiger partial charge in [0.15, 0.2) is 23.3 Å². The van der Waals surface area contributed by atoms with Crippen molar-refractivity contribution in [2.24, 2.45) is 0 Å². The predicted octanol–water partition coefficient (Wildman–Crippen LogP) is 3.33. The highest BCUT2D eigenvalue weighted by Crippen LogP contribution is 2.34. The van der Waals surface area contributed by atoms with Crippen molar-refractivity contribution in [2.75, 3.05) is 17.2 Å². The average molecular weight is 275 g/mol. The summed E-state index contributed by atoms with van der Waals surface area (Å²) < 4.78 is 27.2. The summed E-state index contributed by atoms with van der Waals surface area (Å²) in [4.78, 5) is 5.64. The number of hydrogen-bond acceptors (Lipinski definition) is 3. The summed E-state index contributed by atoms with van der Waals surface area (Å²) in [6, 6.07) is 6.80. The topological polar surface area (TPSA) is 42.2 Å². The molecule has 1 aromatic heterocycles. The van der Waals surface area contributed by atoms with E-state index in [1.54, 1.807) is 4.90 Å². The molecule has 1 aromatic carbocycles. The van der Waals surface area contributed by atoms with Gasteiger partial charge in [-0.25, -0.2) is 13.8 Å². The molecule has 0 unspecified atom stereocenters. The smallest absolute Gasteiger partial charge is 0.171 e. The quantitative estimate of drug-likeness (QED) is 0.868. The van der Waals surface area contributed by atoms with Crippen LogP contribution in [0.3, 0.4) is 0 Å². The maximum Gasteiger partial charge on any atom is 0.171 e. The maximum atomic E-state index is 14.0. The molecule has 104 valence electrons. The highest BCUT2D eigenvalue weighted by Gasteiger charge is 2.23. The molecule has 3 rings (SSSR count). The fourth-order valence-electron chi connectivity index (χ4n) is 2.61. The Bertz CT molecular complexity index is 670. The number of hydrogen-bond donors (Lipinski definition) is 1. The fourth-order valence-corrected chi connectivity index (χ4v) is 2.61. The molecule has 2 heterocycles. The first-order chi connectivity index (χ1) is 9.56. The van der Waals surface area contributed by atoms with Crippen LogP contribution in [-0.2, 0) is 6.42 Å². The third kappa shape index (κ3) is 2.09. The Balaban J connectivity index is 2.11. The molecule has 1 aliphatic heterocycles. The molecule has 0 aliphatic carbocycles. The van der Waals surface area contributed by atoms with Crippen molar-refractivity contribution in [2.45, 2.75) is 19.8 Å². The average Bonchev–Trinajstić information content (AvgIpc) is 2.42. The van der Waals surface area contributed by atoms with E-state index in [1.165, 1.54) is 0 Å². The molecule has 0 bridgehead atoms. The number of nitrogen functional groups attached to an aromatic ring is 1. The van der Waals surface area contributed by atoms with Gasteiger partial charge in [-0.2, -0.15) is 0 Å². The minimum absolute atomic E-state index is 0.0914. The number of fused-ring (bicyclic) bond motifs is 1. The van der Waals surface area contributed by atoms with Gasteiger partial charge < -0.3 is 10.6 Å². The molecule has 20 heavy (non-hydrogen) atoms. The maximum absolute atomic E-state index is 14.0. The Hall–Kier alpha value is -2.17. The first-order valence-electron chi connectivity index (χ1n) is 6.55. The lowest BCUT2D eigenvalue weighted by Gasteiger charge is -2.31. The molecule has 5 heteroatoms. The van der Waals surface area contributed by atoms with Crippen molar-refractivity contribution in [3.8, 4) is 0 Å². The van der Waals surface area contributed by atoms with Gasteiger partial charge >= 0.3 is 0 Å². The number of benzene rings is 1. The predicted molar refractivity (Wildman–Crippen MR) is 75.1 cm³/mol. The van der Waals surface area contributed by atoms with Crippen LogP contribution in [0.25, 0.3) is 0 Å². The van der Waals surface area contributed by atoms with E-state index >= 15 is 0 Å².